The van der Waals surface area contributed by atoms with Crippen molar-refractivity contribution < 1.29 is 9.18 Å². The van der Waals surface area contributed by atoms with Gasteiger partial charge >= 0.3 is 0 Å². The molecule has 1 heterocycles. The largest absolute Gasteiger partial charge is 0.337 e. The Balaban J connectivity index is 2.30. The minimum absolute atomic E-state index is 0.0738. The molecule has 0 atom stereocenters. The molecule has 1 saturated heterocycles. The molecule has 17 heavy (non-hydrogen) atoms. The van der Waals surface area contributed by atoms with E-state index in [4.69, 9.17) is 12.2 Å². The standard InChI is InChI=1S/C12H13FN2OS/c1-8(2)14-7-11(16)15(12(14)17)10-5-3-9(13)4-6-10/h3-6,8H,7H2,1-2H3. The van der Waals surface area contributed by atoms with Gasteiger partial charge in [-0.25, -0.2) is 4.39 Å². The number of benzene rings is 1. The lowest BCUT2D eigenvalue weighted by molar-refractivity contribution is -0.116. The molecule has 0 N–H and O–H groups in total. The molecule has 0 radical (unpaired) electrons. The first kappa shape index (κ1) is 12.0. The van der Waals surface area contributed by atoms with Crippen LogP contribution >= 0.6 is 12.2 Å². The summed E-state index contributed by atoms with van der Waals surface area (Å²) in [6.07, 6.45) is 0. The highest BCUT2D eigenvalue weighted by Gasteiger charge is 2.34. The second-order valence-corrected chi connectivity index (χ2v) is 4.57. The number of carbonyl (C=O) groups excluding carboxylic acids is 1. The van der Waals surface area contributed by atoms with E-state index >= 15 is 0 Å². The van der Waals surface area contributed by atoms with Crippen LogP contribution in [-0.4, -0.2) is 28.5 Å². The van der Waals surface area contributed by atoms with Crippen LogP contribution < -0.4 is 4.90 Å². The van der Waals surface area contributed by atoms with Crippen molar-refractivity contribution >= 4 is 28.9 Å². The van der Waals surface area contributed by atoms with Crippen molar-refractivity contribution in [1.82, 2.24) is 4.90 Å². The minimum atomic E-state index is -0.327. The molecule has 5 heteroatoms. The fourth-order valence-electron chi connectivity index (χ4n) is 1.77. The lowest BCUT2D eigenvalue weighted by Crippen LogP contribution is -2.36. The van der Waals surface area contributed by atoms with Gasteiger partial charge in [-0.15, -0.1) is 0 Å². The fourth-order valence-corrected chi connectivity index (χ4v) is 2.25. The summed E-state index contributed by atoms with van der Waals surface area (Å²) in [5.74, 6) is -0.401. The van der Waals surface area contributed by atoms with E-state index in [1.807, 2.05) is 18.7 Å². The summed E-state index contributed by atoms with van der Waals surface area (Å²) in [7, 11) is 0. The zero-order valence-electron chi connectivity index (χ0n) is 9.68. The summed E-state index contributed by atoms with van der Waals surface area (Å²) in [6.45, 7) is 4.25. The van der Waals surface area contributed by atoms with Crippen LogP contribution in [0.3, 0.4) is 0 Å². The smallest absolute Gasteiger partial charge is 0.252 e. The highest BCUT2D eigenvalue weighted by molar-refractivity contribution is 7.80. The summed E-state index contributed by atoms with van der Waals surface area (Å²) < 4.78 is 12.8. The third kappa shape index (κ3) is 2.15. The Bertz CT molecular complexity index is 458. The van der Waals surface area contributed by atoms with Crippen LogP contribution in [0.2, 0.25) is 0 Å². The second kappa shape index (κ2) is 4.41. The Labute approximate surface area is 105 Å². The number of hydrogen-bond donors (Lipinski definition) is 0. The molecule has 0 unspecified atom stereocenters. The molecule has 1 amide bonds. The van der Waals surface area contributed by atoms with Crippen molar-refractivity contribution in [2.75, 3.05) is 11.4 Å². The number of carbonyl (C=O) groups is 1. The van der Waals surface area contributed by atoms with E-state index in [-0.39, 0.29) is 24.3 Å². The molecule has 1 aromatic rings. The van der Waals surface area contributed by atoms with Gasteiger partial charge < -0.3 is 4.90 Å². The van der Waals surface area contributed by atoms with E-state index in [9.17, 15) is 9.18 Å². The molecular weight excluding hydrogens is 239 g/mol. The Morgan fingerprint density at radius 3 is 2.35 bits per heavy atom. The normalized spacial score (nSPS) is 16.2. The monoisotopic (exact) mass is 252 g/mol. The van der Waals surface area contributed by atoms with E-state index in [0.717, 1.165) is 0 Å². The molecule has 1 aliphatic heterocycles. The van der Waals surface area contributed by atoms with Crippen molar-refractivity contribution in [2.45, 2.75) is 19.9 Å². The maximum absolute atomic E-state index is 12.8. The van der Waals surface area contributed by atoms with E-state index in [1.54, 1.807) is 12.1 Å². The lowest BCUT2D eigenvalue weighted by Gasteiger charge is -2.23. The average molecular weight is 252 g/mol. The molecule has 0 bridgehead atoms. The van der Waals surface area contributed by atoms with Crippen LogP contribution in [-0.2, 0) is 4.79 Å². The molecule has 1 aliphatic rings. The summed E-state index contributed by atoms with van der Waals surface area (Å²) in [5.41, 5.74) is 0.615. The quantitative estimate of drug-likeness (QED) is 0.754. The number of halogens is 1. The summed E-state index contributed by atoms with van der Waals surface area (Å²) in [6, 6.07) is 5.94. The number of rotatable bonds is 2. The molecule has 90 valence electrons. The van der Waals surface area contributed by atoms with Crippen LogP contribution in [0, 0.1) is 5.82 Å². The van der Waals surface area contributed by atoms with Crippen molar-refractivity contribution in [3.8, 4) is 0 Å². The molecule has 3 nitrogen and oxygen atoms in total. The highest BCUT2D eigenvalue weighted by atomic mass is 32.1. The Morgan fingerprint density at radius 1 is 1.29 bits per heavy atom. The van der Waals surface area contributed by atoms with Gasteiger partial charge in [-0.2, -0.15) is 0 Å². The van der Waals surface area contributed by atoms with Crippen molar-refractivity contribution in [3.63, 3.8) is 0 Å². The Morgan fingerprint density at radius 2 is 1.88 bits per heavy atom. The van der Waals surface area contributed by atoms with Crippen molar-refractivity contribution in [1.29, 1.82) is 0 Å². The Hall–Kier alpha value is -1.49. The lowest BCUT2D eigenvalue weighted by atomic mass is 10.3. The number of amides is 1. The van der Waals surface area contributed by atoms with Crippen LogP contribution in [0.5, 0.6) is 0 Å². The van der Waals surface area contributed by atoms with Gasteiger partial charge in [0.15, 0.2) is 5.11 Å². The first-order valence-electron chi connectivity index (χ1n) is 5.40. The molecule has 2 rings (SSSR count). The zero-order chi connectivity index (χ0) is 12.6. The molecule has 1 aromatic carbocycles. The van der Waals surface area contributed by atoms with E-state index in [2.05, 4.69) is 0 Å². The highest BCUT2D eigenvalue weighted by Crippen LogP contribution is 2.23. The van der Waals surface area contributed by atoms with Crippen LogP contribution in [0.15, 0.2) is 24.3 Å². The van der Waals surface area contributed by atoms with E-state index in [0.29, 0.717) is 10.8 Å². The molecule has 1 fully saturated rings. The number of anilines is 1. The summed E-state index contributed by atoms with van der Waals surface area (Å²) >= 11 is 5.27. The number of thiocarbonyl (C=S) groups is 1. The molecule has 0 aliphatic carbocycles. The molecule has 0 aromatic heterocycles. The predicted molar refractivity (Wildman–Crippen MR) is 68.3 cm³/mol. The van der Waals surface area contributed by atoms with Crippen LogP contribution in [0.4, 0.5) is 10.1 Å². The van der Waals surface area contributed by atoms with Gasteiger partial charge in [-0.3, -0.25) is 9.69 Å². The summed E-state index contributed by atoms with van der Waals surface area (Å²) in [4.78, 5) is 15.2. The third-order valence-corrected chi connectivity index (χ3v) is 3.12. The molecular formula is C12H13FN2OS. The average Bonchev–Trinajstić information content (AvgIpc) is 2.56. The zero-order valence-corrected chi connectivity index (χ0v) is 10.5. The topological polar surface area (TPSA) is 23.6 Å². The van der Waals surface area contributed by atoms with E-state index < -0.39 is 0 Å². The van der Waals surface area contributed by atoms with Gasteiger partial charge in [0.1, 0.15) is 12.4 Å². The Kier molecular flexibility index (Phi) is 3.11. The first-order chi connectivity index (χ1) is 8.00. The van der Waals surface area contributed by atoms with Gasteiger partial charge in [0.25, 0.3) is 5.91 Å². The maximum atomic E-state index is 12.8. The number of hydrogen-bond acceptors (Lipinski definition) is 2. The van der Waals surface area contributed by atoms with Gasteiger partial charge in [-0.1, -0.05) is 0 Å². The molecule has 0 spiro atoms. The number of nitrogens with zero attached hydrogens (tertiary/aromatic N) is 2. The third-order valence-electron chi connectivity index (χ3n) is 2.70. The van der Waals surface area contributed by atoms with Gasteiger partial charge in [0, 0.05) is 6.04 Å². The van der Waals surface area contributed by atoms with E-state index in [1.165, 1.54) is 17.0 Å². The van der Waals surface area contributed by atoms with Gasteiger partial charge in [0.2, 0.25) is 0 Å². The first-order valence-corrected chi connectivity index (χ1v) is 5.80. The van der Waals surface area contributed by atoms with Gasteiger partial charge in [-0.05, 0) is 50.3 Å². The minimum Gasteiger partial charge on any atom is -0.337 e. The van der Waals surface area contributed by atoms with Crippen LogP contribution in [0.25, 0.3) is 0 Å². The predicted octanol–water partition coefficient (Wildman–Crippen LogP) is 2.17. The van der Waals surface area contributed by atoms with Gasteiger partial charge in [0.05, 0.1) is 5.69 Å². The molecule has 0 saturated carbocycles. The van der Waals surface area contributed by atoms with Crippen molar-refractivity contribution in [3.05, 3.63) is 30.1 Å². The van der Waals surface area contributed by atoms with Crippen molar-refractivity contribution in [2.24, 2.45) is 0 Å². The summed E-state index contributed by atoms with van der Waals surface area (Å²) in [5, 5.41) is 0.483. The maximum Gasteiger partial charge on any atom is 0.252 e. The second-order valence-electron chi connectivity index (χ2n) is 4.21. The fraction of sp³-hybridized carbons (Fsp3) is 0.333. The SMILES string of the molecule is CC(C)N1CC(=O)N(c2ccc(F)cc2)C1=S. The van der Waals surface area contributed by atoms with Crippen LogP contribution in [0.1, 0.15) is 13.8 Å².